The first-order valence-electron chi connectivity index (χ1n) is 9.55. The van der Waals surface area contributed by atoms with Crippen molar-refractivity contribution in [1.82, 2.24) is 4.98 Å². The summed E-state index contributed by atoms with van der Waals surface area (Å²) in [5, 5.41) is 12.4. The van der Waals surface area contributed by atoms with E-state index in [0.717, 1.165) is 36.4 Å². The number of carboxylic acid groups (broad SMARTS) is 1. The number of hydrogen-bond donors (Lipinski definition) is 2. The standard InChI is InChI=1S/C21H26N2O5S/c1-29(26,27)15-21(14-20(24)25)13-18(21)16-6-8-17(9-7-16)28-12-4-11-23-19-5-2-3-10-22-19/h2-3,5-10,18H,4,11-15H2,1H3,(H,22,23)(H,24,25). The van der Waals surface area contributed by atoms with Gasteiger partial charge in [-0.25, -0.2) is 13.4 Å². The molecule has 29 heavy (non-hydrogen) atoms. The van der Waals surface area contributed by atoms with Gasteiger partial charge in [0.1, 0.15) is 21.4 Å². The third kappa shape index (κ3) is 6.19. The topological polar surface area (TPSA) is 106 Å². The molecule has 1 aromatic carbocycles. The molecule has 1 heterocycles. The Balaban J connectivity index is 1.49. The van der Waals surface area contributed by atoms with Crippen molar-refractivity contribution < 1.29 is 23.1 Å². The molecule has 1 aliphatic rings. The average molecular weight is 419 g/mol. The SMILES string of the molecule is CS(=O)(=O)CC1(CC(=O)O)CC1c1ccc(OCCCNc2ccccn2)cc1. The second-order valence-corrected chi connectivity index (χ2v) is 9.81. The van der Waals surface area contributed by atoms with Gasteiger partial charge in [-0.15, -0.1) is 0 Å². The number of anilines is 1. The lowest BCUT2D eigenvalue weighted by Gasteiger charge is -2.14. The fraction of sp³-hybridized carbons (Fsp3) is 0.429. The van der Waals surface area contributed by atoms with Crippen molar-refractivity contribution in [2.75, 3.05) is 30.5 Å². The van der Waals surface area contributed by atoms with Crippen LogP contribution in [0.5, 0.6) is 5.75 Å². The molecule has 2 atom stereocenters. The second kappa shape index (κ2) is 8.82. The first kappa shape index (κ1) is 21.1. The molecule has 3 rings (SSSR count). The van der Waals surface area contributed by atoms with E-state index in [1.54, 1.807) is 6.20 Å². The molecule has 0 spiro atoms. The Morgan fingerprint density at radius 2 is 2.03 bits per heavy atom. The minimum Gasteiger partial charge on any atom is -0.494 e. The Morgan fingerprint density at radius 3 is 2.66 bits per heavy atom. The van der Waals surface area contributed by atoms with Crippen molar-refractivity contribution in [1.29, 1.82) is 0 Å². The van der Waals surface area contributed by atoms with Gasteiger partial charge in [0, 0.05) is 24.4 Å². The van der Waals surface area contributed by atoms with E-state index >= 15 is 0 Å². The van der Waals surface area contributed by atoms with E-state index in [1.807, 2.05) is 42.5 Å². The maximum atomic E-state index is 11.7. The van der Waals surface area contributed by atoms with Crippen molar-refractivity contribution in [3.05, 3.63) is 54.2 Å². The summed E-state index contributed by atoms with van der Waals surface area (Å²) in [6, 6.07) is 13.2. The molecule has 0 radical (unpaired) electrons. The van der Waals surface area contributed by atoms with E-state index in [4.69, 9.17) is 4.74 Å². The minimum atomic E-state index is -3.25. The van der Waals surface area contributed by atoms with E-state index < -0.39 is 21.2 Å². The van der Waals surface area contributed by atoms with Gasteiger partial charge in [-0.3, -0.25) is 4.79 Å². The zero-order valence-corrected chi connectivity index (χ0v) is 17.2. The number of hydrogen-bond acceptors (Lipinski definition) is 6. The number of ether oxygens (including phenoxy) is 1. The number of carbonyl (C=O) groups is 1. The van der Waals surface area contributed by atoms with Gasteiger partial charge in [-0.2, -0.15) is 0 Å². The molecule has 1 fully saturated rings. The average Bonchev–Trinajstić information content (AvgIpc) is 3.33. The van der Waals surface area contributed by atoms with Gasteiger partial charge >= 0.3 is 5.97 Å². The summed E-state index contributed by atoms with van der Waals surface area (Å²) in [6.07, 6.45) is 4.15. The summed E-state index contributed by atoms with van der Waals surface area (Å²) in [6.45, 7) is 1.31. The lowest BCUT2D eigenvalue weighted by Crippen LogP contribution is -2.21. The molecular formula is C21H26N2O5S. The predicted octanol–water partition coefficient (Wildman–Crippen LogP) is 2.96. The first-order valence-corrected chi connectivity index (χ1v) is 11.6. The van der Waals surface area contributed by atoms with Crippen LogP contribution in [0.15, 0.2) is 48.7 Å². The zero-order chi connectivity index (χ0) is 20.9. The van der Waals surface area contributed by atoms with Crippen molar-refractivity contribution >= 4 is 21.6 Å². The van der Waals surface area contributed by atoms with Crippen molar-refractivity contribution in [3.63, 3.8) is 0 Å². The molecule has 7 nitrogen and oxygen atoms in total. The first-order chi connectivity index (χ1) is 13.8. The number of aliphatic carboxylic acids is 1. The summed E-state index contributed by atoms with van der Waals surface area (Å²) in [5.74, 6) is 0.457. The van der Waals surface area contributed by atoms with Crippen molar-refractivity contribution in [3.8, 4) is 5.75 Å². The number of sulfone groups is 1. The smallest absolute Gasteiger partial charge is 0.303 e. The highest BCUT2D eigenvalue weighted by atomic mass is 32.2. The van der Waals surface area contributed by atoms with Gasteiger partial charge in [-0.05, 0) is 48.6 Å². The fourth-order valence-corrected chi connectivity index (χ4v) is 5.26. The molecule has 2 unspecified atom stereocenters. The van der Waals surface area contributed by atoms with Crippen LogP contribution in [-0.2, 0) is 14.6 Å². The van der Waals surface area contributed by atoms with Crippen LogP contribution in [-0.4, -0.2) is 49.6 Å². The second-order valence-electron chi connectivity index (χ2n) is 7.67. The minimum absolute atomic E-state index is 0.0510. The fourth-order valence-electron chi connectivity index (χ4n) is 3.79. The van der Waals surface area contributed by atoms with Crippen molar-refractivity contribution in [2.45, 2.75) is 25.2 Å². The summed E-state index contributed by atoms with van der Waals surface area (Å²) in [4.78, 5) is 15.4. The van der Waals surface area contributed by atoms with E-state index in [-0.39, 0.29) is 18.1 Å². The molecule has 2 N–H and O–H groups in total. The summed E-state index contributed by atoms with van der Waals surface area (Å²) >= 11 is 0. The lowest BCUT2D eigenvalue weighted by atomic mass is 9.97. The van der Waals surface area contributed by atoms with E-state index in [1.165, 1.54) is 0 Å². The van der Waals surface area contributed by atoms with Crippen LogP contribution >= 0.6 is 0 Å². The van der Waals surface area contributed by atoms with E-state index in [0.29, 0.717) is 13.0 Å². The normalized spacial score (nSPS) is 20.8. The van der Waals surface area contributed by atoms with Gasteiger partial charge in [-0.1, -0.05) is 18.2 Å². The van der Waals surface area contributed by atoms with E-state index in [9.17, 15) is 18.3 Å². The summed E-state index contributed by atoms with van der Waals surface area (Å²) in [7, 11) is -3.25. The van der Waals surface area contributed by atoms with Crippen LogP contribution in [0.3, 0.4) is 0 Å². The molecule has 156 valence electrons. The number of carboxylic acids is 1. The number of benzene rings is 1. The number of rotatable bonds is 11. The number of aromatic nitrogens is 1. The molecule has 1 saturated carbocycles. The van der Waals surface area contributed by atoms with Crippen molar-refractivity contribution in [2.24, 2.45) is 5.41 Å². The third-order valence-corrected chi connectivity index (χ3v) is 6.19. The lowest BCUT2D eigenvalue weighted by molar-refractivity contribution is -0.138. The Kier molecular flexibility index (Phi) is 6.42. The molecule has 1 aromatic heterocycles. The Morgan fingerprint density at radius 1 is 1.28 bits per heavy atom. The largest absolute Gasteiger partial charge is 0.494 e. The number of pyridine rings is 1. The molecule has 0 bridgehead atoms. The van der Waals surface area contributed by atoms with Gasteiger partial charge < -0.3 is 15.2 Å². The van der Waals surface area contributed by atoms with Crippen LogP contribution < -0.4 is 10.1 Å². The monoisotopic (exact) mass is 418 g/mol. The summed E-state index contributed by atoms with van der Waals surface area (Å²) < 4.78 is 29.2. The van der Waals surface area contributed by atoms with Gasteiger partial charge in [0.2, 0.25) is 0 Å². The highest BCUT2D eigenvalue weighted by molar-refractivity contribution is 7.90. The molecule has 0 amide bonds. The number of nitrogens with zero attached hydrogens (tertiary/aromatic N) is 1. The predicted molar refractivity (Wildman–Crippen MR) is 111 cm³/mol. The maximum absolute atomic E-state index is 11.7. The third-order valence-electron chi connectivity index (χ3n) is 5.09. The Bertz CT molecular complexity index is 931. The van der Waals surface area contributed by atoms with Crippen LogP contribution in [0.4, 0.5) is 5.82 Å². The quantitative estimate of drug-likeness (QED) is 0.541. The Labute approximate surface area is 171 Å². The zero-order valence-electron chi connectivity index (χ0n) is 16.4. The van der Waals surface area contributed by atoms with Gasteiger partial charge in [0.15, 0.2) is 0 Å². The van der Waals surface area contributed by atoms with Gasteiger partial charge in [0.05, 0.1) is 18.8 Å². The van der Waals surface area contributed by atoms with Crippen LogP contribution in [0.2, 0.25) is 0 Å². The molecule has 1 aliphatic carbocycles. The summed E-state index contributed by atoms with van der Waals surface area (Å²) in [5.41, 5.74) is 0.262. The molecule has 0 saturated heterocycles. The maximum Gasteiger partial charge on any atom is 0.303 e. The van der Waals surface area contributed by atoms with Crippen LogP contribution in [0.25, 0.3) is 0 Å². The van der Waals surface area contributed by atoms with E-state index in [2.05, 4.69) is 10.3 Å². The number of nitrogens with one attached hydrogen (secondary N) is 1. The molecule has 0 aliphatic heterocycles. The Hall–Kier alpha value is -2.61. The molecule has 2 aromatic rings. The molecule has 8 heteroatoms. The van der Waals surface area contributed by atoms with Crippen LogP contribution in [0, 0.1) is 5.41 Å². The highest BCUT2D eigenvalue weighted by Gasteiger charge is 2.57. The van der Waals surface area contributed by atoms with Crippen LogP contribution in [0.1, 0.15) is 30.7 Å². The molecular weight excluding hydrogens is 392 g/mol. The van der Waals surface area contributed by atoms with Gasteiger partial charge in [0.25, 0.3) is 0 Å². The highest BCUT2D eigenvalue weighted by Crippen LogP contribution is 2.62.